The van der Waals surface area contributed by atoms with Gasteiger partial charge in [0.15, 0.2) is 5.60 Å². The number of rotatable bonds is 4. The second-order valence-corrected chi connectivity index (χ2v) is 10.1. The number of carbonyl (C=O) groups is 1. The largest absolute Gasteiger partial charge is 0.527 e. The summed E-state index contributed by atoms with van der Waals surface area (Å²) in [7, 11) is -4.31. The van der Waals surface area contributed by atoms with E-state index in [1.807, 2.05) is 0 Å². The zero-order valence-electron chi connectivity index (χ0n) is 19.4. The van der Waals surface area contributed by atoms with Crippen LogP contribution in [0.3, 0.4) is 0 Å². The quantitative estimate of drug-likeness (QED) is 0.306. The van der Waals surface area contributed by atoms with Gasteiger partial charge >= 0.3 is 19.7 Å². The zero-order valence-corrected chi connectivity index (χ0v) is 20.3. The van der Waals surface area contributed by atoms with Crippen LogP contribution in [0.25, 0.3) is 22.3 Å². The molecule has 0 saturated carbocycles. The van der Waals surface area contributed by atoms with Gasteiger partial charge in [-0.15, -0.1) is 0 Å². The first kappa shape index (κ1) is 24.5. The smallest absolute Gasteiger partial charge is 0.456 e. The van der Waals surface area contributed by atoms with Crippen molar-refractivity contribution in [3.63, 3.8) is 0 Å². The molecule has 0 saturated heterocycles. The number of aliphatic hydroxyl groups is 1. The summed E-state index contributed by atoms with van der Waals surface area (Å²) in [5.41, 5.74) is -1.98. The molecule has 13 heteroatoms. The highest BCUT2D eigenvalue weighted by Gasteiger charge is 2.60. The van der Waals surface area contributed by atoms with Crippen molar-refractivity contribution in [2.24, 2.45) is 0 Å². The molecule has 0 radical (unpaired) electrons. The zero-order chi connectivity index (χ0) is 26.2. The van der Waals surface area contributed by atoms with Gasteiger partial charge in [0.2, 0.25) is 0 Å². The standard InChI is InChI=1S/C23H21F2N2O8P/c1-4-34-36(31,32)35-12-5-6-17-13(7-12)11(2)14-9-27-18(19(14)26-17)8-16-15(20(27)28)10-33-21(29)23(24,25)22(16,3)30/h5-8,30H,4,9-10H2,1-3H3,(H,31,32). The number of fused-ring (bicyclic) bond motifs is 5. The van der Waals surface area contributed by atoms with Crippen molar-refractivity contribution in [1.29, 1.82) is 0 Å². The maximum absolute atomic E-state index is 14.7. The van der Waals surface area contributed by atoms with Crippen molar-refractivity contribution in [2.75, 3.05) is 6.61 Å². The molecule has 0 spiro atoms. The van der Waals surface area contributed by atoms with Gasteiger partial charge in [0.1, 0.15) is 12.4 Å². The number of phosphoric ester groups is 1. The third kappa shape index (κ3) is 3.47. The molecule has 10 nitrogen and oxygen atoms in total. The summed E-state index contributed by atoms with van der Waals surface area (Å²) in [6.45, 7) is 3.42. The van der Waals surface area contributed by atoms with E-state index < -0.39 is 43.0 Å². The van der Waals surface area contributed by atoms with Gasteiger partial charge in [-0.05, 0) is 50.6 Å². The van der Waals surface area contributed by atoms with E-state index in [9.17, 15) is 32.9 Å². The van der Waals surface area contributed by atoms with Crippen LogP contribution in [-0.4, -0.2) is 38.0 Å². The number of esters is 1. The molecule has 2 unspecified atom stereocenters. The number of carbonyl (C=O) groups excluding carboxylic acids is 1. The summed E-state index contributed by atoms with van der Waals surface area (Å²) in [6, 6.07) is 5.74. The Bertz CT molecular complexity index is 1570. The van der Waals surface area contributed by atoms with E-state index in [2.05, 4.69) is 9.72 Å². The highest BCUT2D eigenvalue weighted by Crippen LogP contribution is 2.46. The Balaban J connectivity index is 1.67. The lowest BCUT2D eigenvalue weighted by Gasteiger charge is -2.29. The highest BCUT2D eigenvalue weighted by atomic mass is 31.2. The summed E-state index contributed by atoms with van der Waals surface area (Å²) in [6.07, 6.45) is 0. The minimum Gasteiger partial charge on any atom is -0.456 e. The molecule has 2 aliphatic heterocycles. The molecular weight excluding hydrogens is 501 g/mol. The maximum Gasteiger partial charge on any atom is 0.527 e. The molecule has 2 N–H and O–H groups in total. The predicted octanol–water partition coefficient (Wildman–Crippen LogP) is 3.15. The maximum atomic E-state index is 14.7. The number of aromatic nitrogens is 2. The molecule has 0 bridgehead atoms. The third-order valence-corrected chi connectivity index (χ3v) is 7.58. The summed E-state index contributed by atoms with van der Waals surface area (Å²) in [4.78, 5) is 39.5. The van der Waals surface area contributed by atoms with Crippen LogP contribution in [0, 0.1) is 6.92 Å². The van der Waals surface area contributed by atoms with Crippen molar-refractivity contribution >= 4 is 24.7 Å². The van der Waals surface area contributed by atoms with Crippen molar-refractivity contribution in [3.05, 3.63) is 56.9 Å². The van der Waals surface area contributed by atoms with Crippen LogP contribution in [0.4, 0.5) is 8.78 Å². The van der Waals surface area contributed by atoms with Gasteiger partial charge in [-0.1, -0.05) is 0 Å². The molecule has 36 heavy (non-hydrogen) atoms. The average Bonchev–Trinajstić information content (AvgIpc) is 3.14. The molecule has 4 heterocycles. The molecule has 5 rings (SSSR count). The van der Waals surface area contributed by atoms with Gasteiger partial charge in [-0.3, -0.25) is 14.2 Å². The molecule has 0 amide bonds. The van der Waals surface area contributed by atoms with E-state index >= 15 is 0 Å². The lowest BCUT2D eigenvalue weighted by Crippen LogP contribution is -2.49. The number of hydrogen-bond acceptors (Lipinski definition) is 8. The van der Waals surface area contributed by atoms with Crippen LogP contribution in [0.15, 0.2) is 29.1 Å². The number of phosphoric acid groups is 1. The summed E-state index contributed by atoms with van der Waals surface area (Å²) in [5, 5.41) is 11.3. The first-order valence-corrected chi connectivity index (χ1v) is 12.4. The van der Waals surface area contributed by atoms with E-state index in [0.29, 0.717) is 27.7 Å². The van der Waals surface area contributed by atoms with E-state index in [1.165, 1.54) is 22.8 Å². The normalized spacial score (nSPS) is 21.7. The van der Waals surface area contributed by atoms with Crippen molar-refractivity contribution in [3.8, 4) is 17.1 Å². The second kappa shape index (κ2) is 7.91. The van der Waals surface area contributed by atoms with Crippen LogP contribution in [0.5, 0.6) is 5.75 Å². The van der Waals surface area contributed by atoms with E-state index in [4.69, 9.17) is 9.05 Å². The number of benzene rings is 1. The summed E-state index contributed by atoms with van der Waals surface area (Å²) < 4.78 is 57.1. The minimum absolute atomic E-state index is 0.0234. The number of cyclic esters (lactones) is 1. The molecule has 3 aromatic rings. The SMILES string of the molecule is CCOP(=O)(O)Oc1ccc2nc3c(c(C)c2c1)Cn1c-3cc2c(c1=O)COC(=O)C(F)(F)C2(C)O. The third-order valence-electron chi connectivity index (χ3n) is 6.55. The Labute approximate surface area is 202 Å². The first-order chi connectivity index (χ1) is 16.8. The summed E-state index contributed by atoms with van der Waals surface area (Å²) >= 11 is 0. The molecule has 0 fully saturated rings. The Hall–Kier alpha value is -3.18. The monoisotopic (exact) mass is 522 g/mol. The highest BCUT2D eigenvalue weighted by molar-refractivity contribution is 7.47. The van der Waals surface area contributed by atoms with E-state index in [1.54, 1.807) is 19.9 Å². The number of alkyl halides is 2. The molecule has 2 aromatic heterocycles. The van der Waals surface area contributed by atoms with E-state index in [-0.39, 0.29) is 30.2 Å². The van der Waals surface area contributed by atoms with Gasteiger partial charge < -0.3 is 18.9 Å². The fourth-order valence-corrected chi connectivity index (χ4v) is 5.36. The Morgan fingerprint density at radius 3 is 2.67 bits per heavy atom. The van der Waals surface area contributed by atoms with Crippen molar-refractivity contribution < 1.29 is 41.9 Å². The first-order valence-electron chi connectivity index (χ1n) is 10.9. The fourth-order valence-electron chi connectivity index (χ4n) is 4.60. The number of aryl methyl sites for hydroxylation is 1. The topological polar surface area (TPSA) is 137 Å². The second-order valence-electron chi connectivity index (χ2n) is 8.76. The Morgan fingerprint density at radius 2 is 1.97 bits per heavy atom. The fraction of sp³-hybridized carbons (Fsp3) is 0.348. The van der Waals surface area contributed by atoms with Gasteiger partial charge in [-0.25, -0.2) is 14.3 Å². The van der Waals surface area contributed by atoms with Crippen LogP contribution in [-0.2, 0) is 37.4 Å². The summed E-state index contributed by atoms with van der Waals surface area (Å²) in [5.74, 6) is -6.11. The Morgan fingerprint density at radius 1 is 1.25 bits per heavy atom. The lowest BCUT2D eigenvalue weighted by atomic mass is 9.86. The van der Waals surface area contributed by atoms with Crippen LogP contribution >= 0.6 is 7.82 Å². The molecule has 2 aliphatic rings. The average molecular weight is 522 g/mol. The predicted molar refractivity (Wildman–Crippen MR) is 122 cm³/mol. The number of pyridine rings is 2. The van der Waals surface area contributed by atoms with Crippen LogP contribution < -0.4 is 10.1 Å². The molecular formula is C23H21F2N2O8P. The molecule has 190 valence electrons. The van der Waals surface area contributed by atoms with Crippen molar-refractivity contribution in [1.82, 2.24) is 9.55 Å². The van der Waals surface area contributed by atoms with Gasteiger partial charge in [0, 0.05) is 16.5 Å². The number of ether oxygens (including phenoxy) is 1. The minimum atomic E-state index is -4.31. The molecule has 0 aliphatic carbocycles. The number of halogens is 2. The van der Waals surface area contributed by atoms with E-state index in [0.717, 1.165) is 6.92 Å². The number of nitrogens with zero attached hydrogens (tertiary/aromatic N) is 2. The molecule has 2 atom stereocenters. The Kier molecular flexibility index (Phi) is 5.38. The van der Waals surface area contributed by atoms with Crippen LogP contribution in [0.1, 0.15) is 36.1 Å². The van der Waals surface area contributed by atoms with Crippen molar-refractivity contribution in [2.45, 2.75) is 45.4 Å². The number of hydrogen-bond donors (Lipinski definition) is 2. The van der Waals surface area contributed by atoms with Gasteiger partial charge in [-0.2, -0.15) is 8.78 Å². The lowest BCUT2D eigenvalue weighted by molar-refractivity contribution is -0.210. The molecule has 1 aromatic carbocycles. The van der Waals surface area contributed by atoms with Gasteiger partial charge in [0.25, 0.3) is 5.56 Å². The van der Waals surface area contributed by atoms with Crippen LogP contribution in [0.2, 0.25) is 0 Å². The van der Waals surface area contributed by atoms with Gasteiger partial charge in [0.05, 0.1) is 35.6 Å².